The number of carbonyl (C=O) groups is 2. The van der Waals surface area contributed by atoms with E-state index in [0.29, 0.717) is 24.7 Å². The zero-order chi connectivity index (χ0) is 29.5. The van der Waals surface area contributed by atoms with Crippen molar-refractivity contribution in [2.45, 2.75) is 181 Å². The molecule has 0 saturated carbocycles. The molecule has 40 heavy (non-hydrogen) atoms. The van der Waals surface area contributed by atoms with Crippen LogP contribution >= 0.6 is 0 Å². The maximum atomic E-state index is 10.8. The summed E-state index contributed by atoms with van der Waals surface area (Å²) in [6.07, 6.45) is 39.4. The van der Waals surface area contributed by atoms with Gasteiger partial charge in [0, 0.05) is 12.8 Å². The van der Waals surface area contributed by atoms with Crippen molar-refractivity contribution in [3.05, 3.63) is 24.3 Å². The van der Waals surface area contributed by atoms with Crippen LogP contribution in [-0.2, 0) is 9.59 Å². The van der Waals surface area contributed by atoms with Crippen LogP contribution in [0.1, 0.15) is 181 Å². The van der Waals surface area contributed by atoms with Gasteiger partial charge >= 0.3 is 11.9 Å². The van der Waals surface area contributed by atoms with Gasteiger partial charge < -0.3 is 10.2 Å². The van der Waals surface area contributed by atoms with Crippen LogP contribution in [0.15, 0.2) is 24.3 Å². The van der Waals surface area contributed by atoms with Crippen LogP contribution in [-0.4, -0.2) is 22.2 Å². The molecule has 0 aliphatic rings. The molecule has 0 heterocycles. The fourth-order valence-electron chi connectivity index (χ4n) is 5.55. The Morgan fingerprint density at radius 1 is 0.475 bits per heavy atom. The van der Waals surface area contributed by atoms with E-state index < -0.39 is 11.9 Å². The number of hydrogen-bond donors (Lipinski definition) is 2. The fourth-order valence-corrected chi connectivity index (χ4v) is 5.55. The van der Waals surface area contributed by atoms with Gasteiger partial charge in [0.05, 0.1) is 0 Å². The molecule has 0 rings (SSSR count). The zero-order valence-corrected chi connectivity index (χ0v) is 26.6. The van der Waals surface area contributed by atoms with Crippen molar-refractivity contribution in [3.8, 4) is 0 Å². The summed E-state index contributed by atoms with van der Waals surface area (Å²) in [7, 11) is 0. The van der Waals surface area contributed by atoms with Gasteiger partial charge in [0.1, 0.15) is 0 Å². The van der Waals surface area contributed by atoms with Crippen LogP contribution < -0.4 is 0 Å². The molecule has 2 unspecified atom stereocenters. The Morgan fingerprint density at radius 3 is 1.18 bits per heavy atom. The average Bonchev–Trinajstić information content (AvgIpc) is 2.92. The molecule has 0 saturated heterocycles. The minimum Gasteiger partial charge on any atom is -0.481 e. The van der Waals surface area contributed by atoms with E-state index in [2.05, 4.69) is 38.2 Å². The lowest BCUT2D eigenvalue weighted by Gasteiger charge is -2.23. The molecule has 0 amide bonds. The van der Waals surface area contributed by atoms with Crippen molar-refractivity contribution in [1.82, 2.24) is 0 Å². The van der Waals surface area contributed by atoms with Crippen LogP contribution in [0.25, 0.3) is 0 Å². The van der Waals surface area contributed by atoms with Crippen molar-refractivity contribution in [2.75, 3.05) is 0 Å². The van der Waals surface area contributed by atoms with Crippen LogP contribution in [0.5, 0.6) is 0 Å². The molecule has 0 aliphatic heterocycles. The Kier molecular flexibility index (Phi) is 29.2. The molecule has 234 valence electrons. The van der Waals surface area contributed by atoms with Gasteiger partial charge in [0.2, 0.25) is 0 Å². The predicted octanol–water partition coefficient (Wildman–Crippen LogP) is 11.7. The van der Waals surface area contributed by atoms with E-state index in [-0.39, 0.29) is 0 Å². The van der Waals surface area contributed by atoms with E-state index in [4.69, 9.17) is 10.2 Å². The Hall–Kier alpha value is -1.58. The van der Waals surface area contributed by atoms with Crippen molar-refractivity contribution < 1.29 is 19.8 Å². The monoisotopic (exact) mass is 562 g/mol. The summed E-state index contributed by atoms with van der Waals surface area (Å²) in [5.41, 5.74) is 0. The highest BCUT2D eigenvalue weighted by Crippen LogP contribution is 2.29. The Bertz CT molecular complexity index is 570. The number of unbranched alkanes of at least 4 members (excludes halogenated alkanes) is 18. The molecule has 0 aliphatic carbocycles. The third-order valence-corrected chi connectivity index (χ3v) is 8.12. The summed E-state index contributed by atoms with van der Waals surface area (Å²) in [6, 6.07) is 0. The first kappa shape index (κ1) is 38.4. The number of aliphatic carboxylic acids is 2. The highest BCUT2D eigenvalue weighted by atomic mass is 16.4. The number of carboxylic acid groups (broad SMARTS) is 2. The van der Waals surface area contributed by atoms with Crippen LogP contribution in [0.3, 0.4) is 0 Å². The molecule has 0 aromatic rings. The first-order chi connectivity index (χ1) is 19.5. The third kappa shape index (κ3) is 28.0. The lowest BCUT2D eigenvalue weighted by atomic mass is 9.82. The first-order valence-corrected chi connectivity index (χ1v) is 17.3. The van der Waals surface area contributed by atoms with Gasteiger partial charge in [-0.1, -0.05) is 141 Å². The average molecular weight is 563 g/mol. The van der Waals surface area contributed by atoms with Gasteiger partial charge in [-0.2, -0.15) is 0 Å². The molecule has 0 bridgehead atoms. The molecule has 2 atom stereocenters. The summed E-state index contributed by atoms with van der Waals surface area (Å²) in [4.78, 5) is 21.5. The van der Waals surface area contributed by atoms with Gasteiger partial charge in [-0.3, -0.25) is 9.59 Å². The summed E-state index contributed by atoms with van der Waals surface area (Å²) >= 11 is 0. The SMILES string of the molecule is CCCCCCCC=CC(CCCCCCCC(=O)O)C(C=CCCCCCCC)CCCCCCCC(=O)O. The van der Waals surface area contributed by atoms with E-state index in [1.54, 1.807) is 0 Å². The maximum Gasteiger partial charge on any atom is 0.303 e. The smallest absolute Gasteiger partial charge is 0.303 e. The van der Waals surface area contributed by atoms with Crippen LogP contribution in [0.2, 0.25) is 0 Å². The number of rotatable bonds is 31. The summed E-state index contributed by atoms with van der Waals surface area (Å²) in [6.45, 7) is 4.54. The maximum absolute atomic E-state index is 10.8. The topological polar surface area (TPSA) is 74.6 Å². The zero-order valence-electron chi connectivity index (χ0n) is 26.6. The minimum absolute atomic E-state index is 0.297. The molecule has 4 heteroatoms. The van der Waals surface area contributed by atoms with E-state index >= 15 is 0 Å². The fraction of sp³-hybridized carbons (Fsp3) is 0.833. The molecule has 4 nitrogen and oxygen atoms in total. The van der Waals surface area contributed by atoms with Gasteiger partial charge in [0.25, 0.3) is 0 Å². The van der Waals surface area contributed by atoms with Crippen molar-refractivity contribution in [1.29, 1.82) is 0 Å². The van der Waals surface area contributed by atoms with E-state index in [1.807, 2.05) is 0 Å². The largest absolute Gasteiger partial charge is 0.481 e. The molecule has 0 radical (unpaired) electrons. The quantitative estimate of drug-likeness (QED) is 0.0651. The summed E-state index contributed by atoms with van der Waals surface area (Å²) in [5.74, 6) is -0.195. The lowest BCUT2D eigenvalue weighted by Crippen LogP contribution is -2.11. The third-order valence-electron chi connectivity index (χ3n) is 8.12. The molecule has 0 aromatic heterocycles. The first-order valence-electron chi connectivity index (χ1n) is 17.3. The van der Waals surface area contributed by atoms with Gasteiger partial charge in [-0.05, 0) is 63.2 Å². The Morgan fingerprint density at radius 2 is 0.800 bits per heavy atom. The Balaban J connectivity index is 4.98. The van der Waals surface area contributed by atoms with Gasteiger partial charge in [-0.25, -0.2) is 0 Å². The van der Waals surface area contributed by atoms with Gasteiger partial charge in [0.15, 0.2) is 0 Å². The van der Waals surface area contributed by atoms with E-state index in [1.165, 1.54) is 116 Å². The van der Waals surface area contributed by atoms with Crippen molar-refractivity contribution in [2.24, 2.45) is 11.8 Å². The second-order valence-corrected chi connectivity index (χ2v) is 12.0. The van der Waals surface area contributed by atoms with E-state index in [9.17, 15) is 9.59 Å². The van der Waals surface area contributed by atoms with Gasteiger partial charge in [-0.15, -0.1) is 0 Å². The Labute approximate surface area is 248 Å². The molecular formula is C36H66O4. The summed E-state index contributed by atoms with van der Waals surface area (Å²) in [5, 5.41) is 17.7. The predicted molar refractivity (Wildman–Crippen MR) is 172 cm³/mol. The van der Waals surface area contributed by atoms with Crippen molar-refractivity contribution >= 4 is 11.9 Å². The lowest BCUT2D eigenvalue weighted by molar-refractivity contribution is -0.138. The number of carboxylic acids is 2. The number of allylic oxidation sites excluding steroid dienone is 4. The van der Waals surface area contributed by atoms with Crippen LogP contribution in [0, 0.1) is 11.8 Å². The highest BCUT2D eigenvalue weighted by molar-refractivity contribution is 5.66. The minimum atomic E-state index is -0.679. The summed E-state index contributed by atoms with van der Waals surface area (Å²) < 4.78 is 0. The molecular weight excluding hydrogens is 496 g/mol. The second kappa shape index (κ2) is 30.4. The number of hydrogen-bond acceptors (Lipinski definition) is 2. The van der Waals surface area contributed by atoms with Crippen LogP contribution in [0.4, 0.5) is 0 Å². The standard InChI is InChI=1S/C36H66O4/c1-3-5-7-9-11-15-21-27-33(29-23-17-13-19-25-31-35(37)38)34(28-22-16-12-10-8-6-4-2)30-24-18-14-20-26-32-36(39)40/h21-22,27-28,33-34H,3-20,23-26,29-32H2,1-2H3,(H,37,38)(H,39,40). The van der Waals surface area contributed by atoms with Crippen molar-refractivity contribution in [3.63, 3.8) is 0 Å². The normalized spacial score (nSPS) is 13.3. The molecule has 0 spiro atoms. The van der Waals surface area contributed by atoms with E-state index in [0.717, 1.165) is 38.5 Å². The molecule has 0 aromatic carbocycles. The molecule has 2 N–H and O–H groups in total. The molecule has 0 fully saturated rings. The highest BCUT2D eigenvalue weighted by Gasteiger charge is 2.16. The second-order valence-electron chi connectivity index (χ2n) is 12.0.